The number of aromatic nitrogens is 2. The Hall–Kier alpha value is -1.84. The van der Waals surface area contributed by atoms with Gasteiger partial charge in [-0.1, -0.05) is 12.1 Å². The number of rotatable bonds is 3. The normalized spacial score (nSPS) is 15.1. The first-order valence-electron chi connectivity index (χ1n) is 5.76. The van der Waals surface area contributed by atoms with E-state index in [9.17, 15) is 9.18 Å². The molecule has 1 aliphatic rings. The van der Waals surface area contributed by atoms with Gasteiger partial charge in [-0.25, -0.2) is 9.18 Å². The first-order valence-corrected chi connectivity index (χ1v) is 5.76. The largest absolute Gasteiger partial charge is 0.328 e. The average Bonchev–Trinajstić information content (AvgIpc) is 3.07. The summed E-state index contributed by atoms with van der Waals surface area (Å²) < 4.78 is 16.4. The standard InChI is InChI=1S/C13H13FN2O/c14-11-3-1-2-10(8-11)9-15-6-7-16(13(15)17)12-4-5-12/h1-3,6-8,12H,4-5,9H2. The molecule has 1 aromatic heterocycles. The summed E-state index contributed by atoms with van der Waals surface area (Å²) in [4.78, 5) is 12.0. The van der Waals surface area contributed by atoms with Crippen LogP contribution in [0.4, 0.5) is 4.39 Å². The Morgan fingerprint density at radius 3 is 2.82 bits per heavy atom. The third-order valence-electron chi connectivity index (χ3n) is 3.06. The molecule has 0 amide bonds. The van der Waals surface area contributed by atoms with Crippen LogP contribution in [0.2, 0.25) is 0 Å². The number of imidazole rings is 1. The molecule has 1 aliphatic carbocycles. The number of hydrogen-bond acceptors (Lipinski definition) is 1. The molecule has 1 saturated carbocycles. The molecular formula is C13H13FN2O. The maximum Gasteiger partial charge on any atom is 0.328 e. The molecule has 17 heavy (non-hydrogen) atoms. The maximum absolute atomic E-state index is 13.0. The second-order valence-electron chi connectivity index (χ2n) is 4.48. The minimum atomic E-state index is -0.267. The average molecular weight is 232 g/mol. The lowest BCUT2D eigenvalue weighted by Gasteiger charge is -2.02. The number of nitrogens with zero attached hydrogens (tertiary/aromatic N) is 2. The zero-order chi connectivity index (χ0) is 11.8. The number of benzene rings is 1. The topological polar surface area (TPSA) is 26.9 Å². The quantitative estimate of drug-likeness (QED) is 0.796. The molecule has 2 aromatic rings. The highest BCUT2D eigenvalue weighted by Crippen LogP contribution is 2.33. The molecule has 0 spiro atoms. The zero-order valence-corrected chi connectivity index (χ0v) is 9.34. The molecule has 0 unspecified atom stereocenters. The van der Waals surface area contributed by atoms with E-state index in [4.69, 9.17) is 0 Å². The van der Waals surface area contributed by atoms with Crippen LogP contribution in [0.15, 0.2) is 41.5 Å². The van der Waals surface area contributed by atoms with Gasteiger partial charge in [-0.15, -0.1) is 0 Å². The Kier molecular flexibility index (Phi) is 2.35. The minimum absolute atomic E-state index is 0.00300. The Morgan fingerprint density at radius 2 is 2.12 bits per heavy atom. The molecule has 1 aromatic carbocycles. The summed E-state index contributed by atoms with van der Waals surface area (Å²) in [5, 5.41) is 0. The molecule has 0 saturated heterocycles. The van der Waals surface area contributed by atoms with Gasteiger partial charge in [0, 0.05) is 18.4 Å². The fourth-order valence-electron chi connectivity index (χ4n) is 2.01. The number of halogens is 1. The van der Waals surface area contributed by atoms with Gasteiger partial charge in [0.05, 0.1) is 6.54 Å². The van der Waals surface area contributed by atoms with Gasteiger partial charge in [0.25, 0.3) is 0 Å². The second kappa shape index (κ2) is 3.87. The highest BCUT2D eigenvalue weighted by molar-refractivity contribution is 5.16. The summed E-state index contributed by atoms with van der Waals surface area (Å²) in [7, 11) is 0. The van der Waals surface area contributed by atoms with Crippen LogP contribution in [0.1, 0.15) is 24.4 Å². The van der Waals surface area contributed by atoms with Gasteiger partial charge in [0.15, 0.2) is 0 Å². The van der Waals surface area contributed by atoms with Crippen LogP contribution in [-0.2, 0) is 6.54 Å². The summed E-state index contributed by atoms with van der Waals surface area (Å²) in [5.74, 6) is -0.267. The highest BCUT2D eigenvalue weighted by Gasteiger charge is 2.25. The van der Waals surface area contributed by atoms with Crippen LogP contribution >= 0.6 is 0 Å². The van der Waals surface area contributed by atoms with E-state index in [1.807, 2.05) is 12.3 Å². The van der Waals surface area contributed by atoms with Crippen LogP contribution in [0.3, 0.4) is 0 Å². The molecule has 1 heterocycles. The van der Waals surface area contributed by atoms with E-state index in [0.29, 0.717) is 12.6 Å². The van der Waals surface area contributed by atoms with Gasteiger partial charge in [-0.3, -0.25) is 9.13 Å². The van der Waals surface area contributed by atoms with Gasteiger partial charge in [-0.2, -0.15) is 0 Å². The van der Waals surface area contributed by atoms with E-state index in [1.165, 1.54) is 12.1 Å². The van der Waals surface area contributed by atoms with E-state index in [2.05, 4.69) is 0 Å². The molecule has 0 aliphatic heterocycles. The molecule has 1 fully saturated rings. The van der Waals surface area contributed by atoms with E-state index in [-0.39, 0.29) is 11.5 Å². The van der Waals surface area contributed by atoms with Crippen LogP contribution < -0.4 is 5.69 Å². The zero-order valence-electron chi connectivity index (χ0n) is 9.34. The summed E-state index contributed by atoms with van der Waals surface area (Å²) in [6.07, 6.45) is 5.76. The van der Waals surface area contributed by atoms with Crippen molar-refractivity contribution in [3.63, 3.8) is 0 Å². The SMILES string of the molecule is O=c1n(Cc2cccc(F)c2)ccn1C1CC1. The summed E-state index contributed by atoms with van der Waals surface area (Å²) in [6, 6.07) is 6.73. The van der Waals surface area contributed by atoms with E-state index < -0.39 is 0 Å². The van der Waals surface area contributed by atoms with Crippen molar-refractivity contribution in [1.29, 1.82) is 0 Å². The first-order chi connectivity index (χ1) is 8.24. The Morgan fingerprint density at radius 1 is 1.29 bits per heavy atom. The third-order valence-corrected chi connectivity index (χ3v) is 3.06. The summed E-state index contributed by atoms with van der Waals surface area (Å²) in [6.45, 7) is 0.427. The third kappa shape index (κ3) is 2.02. The smallest absolute Gasteiger partial charge is 0.296 e. The first kappa shape index (κ1) is 10.3. The molecule has 88 valence electrons. The molecule has 0 atom stereocenters. The molecule has 4 heteroatoms. The van der Waals surface area contributed by atoms with Crippen molar-refractivity contribution in [3.8, 4) is 0 Å². The Balaban J connectivity index is 1.88. The Bertz CT molecular complexity index is 595. The van der Waals surface area contributed by atoms with E-state index in [1.54, 1.807) is 21.4 Å². The lowest BCUT2D eigenvalue weighted by atomic mass is 10.2. The van der Waals surface area contributed by atoms with Crippen LogP contribution in [-0.4, -0.2) is 9.13 Å². The molecule has 0 bridgehead atoms. The van der Waals surface area contributed by atoms with Crippen molar-refractivity contribution < 1.29 is 4.39 Å². The molecular weight excluding hydrogens is 219 g/mol. The van der Waals surface area contributed by atoms with Gasteiger partial charge in [0.2, 0.25) is 0 Å². The van der Waals surface area contributed by atoms with Crippen molar-refractivity contribution in [2.45, 2.75) is 25.4 Å². The second-order valence-corrected chi connectivity index (χ2v) is 4.48. The van der Waals surface area contributed by atoms with Crippen molar-refractivity contribution >= 4 is 0 Å². The van der Waals surface area contributed by atoms with Gasteiger partial charge >= 0.3 is 5.69 Å². The highest BCUT2D eigenvalue weighted by atomic mass is 19.1. The lowest BCUT2D eigenvalue weighted by Crippen LogP contribution is -2.23. The van der Waals surface area contributed by atoms with Gasteiger partial charge < -0.3 is 0 Å². The van der Waals surface area contributed by atoms with Crippen molar-refractivity contribution in [2.24, 2.45) is 0 Å². The Labute approximate surface area is 98.1 Å². The summed E-state index contributed by atoms with van der Waals surface area (Å²) >= 11 is 0. The fourth-order valence-corrected chi connectivity index (χ4v) is 2.01. The van der Waals surface area contributed by atoms with E-state index >= 15 is 0 Å². The monoisotopic (exact) mass is 232 g/mol. The predicted molar refractivity (Wildman–Crippen MR) is 62.5 cm³/mol. The molecule has 3 nitrogen and oxygen atoms in total. The number of hydrogen-bond donors (Lipinski definition) is 0. The van der Waals surface area contributed by atoms with Crippen molar-refractivity contribution in [1.82, 2.24) is 9.13 Å². The summed E-state index contributed by atoms with van der Waals surface area (Å²) in [5.41, 5.74) is 0.803. The van der Waals surface area contributed by atoms with Crippen molar-refractivity contribution in [3.05, 3.63) is 58.5 Å². The molecule has 3 rings (SSSR count). The van der Waals surface area contributed by atoms with Gasteiger partial charge in [0.1, 0.15) is 5.82 Å². The van der Waals surface area contributed by atoms with E-state index in [0.717, 1.165) is 18.4 Å². The van der Waals surface area contributed by atoms with Gasteiger partial charge in [-0.05, 0) is 30.5 Å². The minimum Gasteiger partial charge on any atom is -0.296 e. The maximum atomic E-state index is 13.0. The van der Waals surface area contributed by atoms with Crippen LogP contribution in [0.25, 0.3) is 0 Å². The lowest BCUT2D eigenvalue weighted by molar-refractivity contribution is 0.619. The predicted octanol–water partition coefficient (Wildman–Crippen LogP) is 2.17. The fraction of sp³-hybridized carbons (Fsp3) is 0.308. The van der Waals surface area contributed by atoms with Crippen LogP contribution in [0.5, 0.6) is 0 Å². The van der Waals surface area contributed by atoms with Crippen LogP contribution in [0, 0.1) is 5.82 Å². The molecule has 0 N–H and O–H groups in total. The van der Waals surface area contributed by atoms with Crippen molar-refractivity contribution in [2.75, 3.05) is 0 Å². The molecule has 0 radical (unpaired) electrons.